The molecular formula is C19H20Cl2N2O5. The van der Waals surface area contributed by atoms with Gasteiger partial charge in [-0.15, -0.1) is 0 Å². The highest BCUT2D eigenvalue weighted by molar-refractivity contribution is 6.31. The molecule has 28 heavy (non-hydrogen) atoms. The number of anilines is 2. The van der Waals surface area contributed by atoms with Gasteiger partial charge in [-0.25, -0.2) is 0 Å². The van der Waals surface area contributed by atoms with Crippen LogP contribution in [-0.2, 0) is 14.3 Å². The van der Waals surface area contributed by atoms with Crippen LogP contribution < -0.4 is 15.4 Å². The van der Waals surface area contributed by atoms with Crippen LogP contribution in [0, 0.1) is 0 Å². The van der Waals surface area contributed by atoms with E-state index in [1.54, 1.807) is 24.3 Å². The maximum atomic E-state index is 11.0. The van der Waals surface area contributed by atoms with Gasteiger partial charge < -0.3 is 25.2 Å². The molecule has 0 aliphatic carbocycles. The van der Waals surface area contributed by atoms with Crippen molar-refractivity contribution in [2.75, 3.05) is 23.8 Å². The number of aromatic hydroxyl groups is 1. The van der Waals surface area contributed by atoms with Crippen molar-refractivity contribution in [2.45, 2.75) is 20.0 Å². The second-order valence-electron chi connectivity index (χ2n) is 5.93. The third-order valence-electron chi connectivity index (χ3n) is 3.35. The van der Waals surface area contributed by atoms with Crippen molar-refractivity contribution in [1.82, 2.24) is 0 Å². The molecular weight excluding hydrogens is 407 g/mol. The predicted molar refractivity (Wildman–Crippen MR) is 108 cm³/mol. The first-order valence-electron chi connectivity index (χ1n) is 8.32. The molecule has 3 N–H and O–H groups in total. The number of phenolic OH excluding ortho intramolecular Hbond substituents is 1. The first kappa shape index (κ1) is 21.8. The Bertz CT molecular complexity index is 856. The van der Waals surface area contributed by atoms with Gasteiger partial charge in [0.05, 0.1) is 18.0 Å². The first-order chi connectivity index (χ1) is 13.2. The minimum atomic E-state index is -0.243. The third-order valence-corrected chi connectivity index (χ3v) is 3.82. The molecule has 0 saturated carbocycles. The number of carbonyl (C=O) groups excluding carboxylic acids is 2. The Morgan fingerprint density at radius 1 is 1.07 bits per heavy atom. The average Bonchev–Trinajstić information content (AvgIpc) is 3.41. The number of ether oxygens (including phenoxy) is 2. The molecule has 1 saturated heterocycles. The van der Waals surface area contributed by atoms with Gasteiger partial charge in [-0.2, -0.15) is 0 Å². The summed E-state index contributed by atoms with van der Waals surface area (Å²) in [5.41, 5.74) is 0.913. The minimum absolute atomic E-state index is 0.00889. The van der Waals surface area contributed by atoms with E-state index >= 15 is 0 Å². The normalized spacial score (nSPS) is 14.4. The molecule has 0 spiro atoms. The summed E-state index contributed by atoms with van der Waals surface area (Å²) in [5, 5.41) is 15.3. The number of nitrogens with one attached hydrogen (secondary N) is 2. The summed E-state index contributed by atoms with van der Waals surface area (Å²) in [6.07, 6.45) is 0.181. The third kappa shape index (κ3) is 7.64. The number of benzene rings is 2. The number of halogens is 2. The standard InChI is InChI=1S/C11H12ClNO3.C8H8ClNO2/c1-7(14)13-10-4-8(12)2-3-11(10)16-6-9-5-15-9;1-5(11)10-7-4-6(9)2-3-8(7)12/h2-4,9H,5-6H2,1H3,(H,13,14);2-4,12H,1H3,(H,10,11). The summed E-state index contributed by atoms with van der Waals surface area (Å²) >= 11 is 11.5. The fraction of sp³-hybridized carbons (Fsp3) is 0.263. The van der Waals surface area contributed by atoms with Crippen molar-refractivity contribution in [2.24, 2.45) is 0 Å². The second-order valence-corrected chi connectivity index (χ2v) is 6.80. The Balaban J connectivity index is 0.000000209. The average molecular weight is 427 g/mol. The Morgan fingerprint density at radius 2 is 1.61 bits per heavy atom. The number of amides is 2. The Hall–Kier alpha value is -2.48. The summed E-state index contributed by atoms with van der Waals surface area (Å²) in [6, 6.07) is 9.56. The lowest BCUT2D eigenvalue weighted by Crippen LogP contribution is -2.10. The van der Waals surface area contributed by atoms with E-state index < -0.39 is 0 Å². The quantitative estimate of drug-likeness (QED) is 0.493. The van der Waals surface area contributed by atoms with Crippen LogP contribution in [0.3, 0.4) is 0 Å². The van der Waals surface area contributed by atoms with Gasteiger partial charge >= 0.3 is 0 Å². The van der Waals surface area contributed by atoms with Crippen molar-refractivity contribution < 1.29 is 24.2 Å². The van der Waals surface area contributed by atoms with Crippen molar-refractivity contribution in [3.8, 4) is 11.5 Å². The van der Waals surface area contributed by atoms with Gasteiger partial charge in [-0.1, -0.05) is 23.2 Å². The Morgan fingerprint density at radius 3 is 2.18 bits per heavy atom. The lowest BCUT2D eigenvalue weighted by molar-refractivity contribution is -0.115. The molecule has 2 aromatic carbocycles. The molecule has 2 amide bonds. The zero-order valence-corrected chi connectivity index (χ0v) is 16.8. The van der Waals surface area contributed by atoms with Crippen LogP contribution in [0.25, 0.3) is 0 Å². The van der Waals surface area contributed by atoms with Gasteiger partial charge in [0.1, 0.15) is 24.2 Å². The summed E-state index contributed by atoms with van der Waals surface area (Å²) in [5.74, 6) is 0.215. The van der Waals surface area contributed by atoms with E-state index in [9.17, 15) is 14.7 Å². The molecule has 1 aliphatic rings. The summed E-state index contributed by atoms with van der Waals surface area (Å²) in [6.45, 7) is 4.03. The molecule has 0 radical (unpaired) electrons. The second kappa shape index (κ2) is 10.2. The van der Waals surface area contributed by atoms with E-state index in [2.05, 4.69) is 10.6 Å². The Labute approximate surface area is 172 Å². The Kier molecular flexibility index (Phi) is 7.92. The lowest BCUT2D eigenvalue weighted by Gasteiger charge is -2.11. The van der Waals surface area contributed by atoms with Gasteiger partial charge in [0.25, 0.3) is 0 Å². The number of hydrogen-bond donors (Lipinski definition) is 3. The number of hydrogen-bond acceptors (Lipinski definition) is 5. The zero-order chi connectivity index (χ0) is 20.7. The topological polar surface area (TPSA) is 100 Å². The van der Waals surface area contributed by atoms with Crippen LogP contribution in [0.5, 0.6) is 11.5 Å². The number of rotatable bonds is 5. The van der Waals surface area contributed by atoms with Crippen molar-refractivity contribution in [1.29, 1.82) is 0 Å². The maximum Gasteiger partial charge on any atom is 0.221 e. The highest BCUT2D eigenvalue weighted by Crippen LogP contribution is 2.29. The molecule has 1 unspecified atom stereocenters. The molecule has 1 heterocycles. The first-order valence-corrected chi connectivity index (χ1v) is 9.08. The molecule has 0 aromatic heterocycles. The molecule has 150 valence electrons. The van der Waals surface area contributed by atoms with E-state index in [0.717, 1.165) is 6.61 Å². The van der Waals surface area contributed by atoms with Gasteiger partial charge in [0.2, 0.25) is 11.8 Å². The van der Waals surface area contributed by atoms with Crippen LogP contribution in [-0.4, -0.2) is 36.2 Å². The van der Waals surface area contributed by atoms with Crippen LogP contribution in [0.15, 0.2) is 36.4 Å². The monoisotopic (exact) mass is 426 g/mol. The molecule has 0 bridgehead atoms. The largest absolute Gasteiger partial charge is 0.506 e. The van der Waals surface area contributed by atoms with Crippen molar-refractivity contribution >= 4 is 46.4 Å². The molecule has 3 rings (SSSR count). The van der Waals surface area contributed by atoms with Crippen LogP contribution in [0.1, 0.15) is 13.8 Å². The molecule has 2 aromatic rings. The highest BCUT2D eigenvalue weighted by Gasteiger charge is 2.23. The minimum Gasteiger partial charge on any atom is -0.506 e. The number of epoxide rings is 1. The maximum absolute atomic E-state index is 11.0. The zero-order valence-electron chi connectivity index (χ0n) is 15.3. The molecule has 1 fully saturated rings. The molecule has 7 nitrogen and oxygen atoms in total. The molecule has 9 heteroatoms. The van der Waals surface area contributed by atoms with E-state index in [1.807, 2.05) is 0 Å². The highest BCUT2D eigenvalue weighted by atomic mass is 35.5. The van der Waals surface area contributed by atoms with E-state index in [-0.39, 0.29) is 23.7 Å². The van der Waals surface area contributed by atoms with Gasteiger partial charge in [0, 0.05) is 23.9 Å². The van der Waals surface area contributed by atoms with Gasteiger partial charge in [0.15, 0.2) is 0 Å². The SMILES string of the molecule is CC(=O)Nc1cc(Cl)ccc1O.CC(=O)Nc1cc(Cl)ccc1OCC1CO1. The molecule has 1 atom stereocenters. The number of carbonyl (C=O) groups is 2. The summed E-state index contributed by atoms with van der Waals surface area (Å²) < 4.78 is 10.6. The van der Waals surface area contributed by atoms with Crippen LogP contribution in [0.4, 0.5) is 11.4 Å². The van der Waals surface area contributed by atoms with E-state index in [1.165, 1.54) is 26.0 Å². The van der Waals surface area contributed by atoms with E-state index in [0.29, 0.717) is 33.8 Å². The molecule has 1 aliphatic heterocycles. The van der Waals surface area contributed by atoms with Crippen LogP contribution in [0.2, 0.25) is 10.0 Å². The van der Waals surface area contributed by atoms with Crippen molar-refractivity contribution in [3.05, 3.63) is 46.4 Å². The van der Waals surface area contributed by atoms with Gasteiger partial charge in [-0.3, -0.25) is 9.59 Å². The number of phenols is 1. The lowest BCUT2D eigenvalue weighted by atomic mass is 10.3. The fourth-order valence-electron chi connectivity index (χ4n) is 2.06. The summed E-state index contributed by atoms with van der Waals surface area (Å²) in [7, 11) is 0. The summed E-state index contributed by atoms with van der Waals surface area (Å²) in [4.78, 5) is 21.6. The predicted octanol–water partition coefficient (Wildman–Crippen LogP) is 4.08. The van der Waals surface area contributed by atoms with Crippen LogP contribution >= 0.6 is 23.2 Å². The van der Waals surface area contributed by atoms with E-state index in [4.69, 9.17) is 32.7 Å². The van der Waals surface area contributed by atoms with Crippen molar-refractivity contribution in [3.63, 3.8) is 0 Å². The van der Waals surface area contributed by atoms with Gasteiger partial charge in [-0.05, 0) is 36.4 Å². The fourth-order valence-corrected chi connectivity index (χ4v) is 2.40. The smallest absolute Gasteiger partial charge is 0.221 e.